The standard InChI is InChI=1S/C23H24N6O4S/c1-14-9-15(3-6-25-14)23-27-20(13-33-23)22(30)26-19-10-16-12-29(28-18(16)11-21(19)32-2)17-4-7-34(24,31)8-5-17/h3,6,9-13,17,24H,4-5,7-8H2,1-2H3,(H,26,30). The zero-order valence-electron chi connectivity index (χ0n) is 18.8. The van der Waals surface area contributed by atoms with Gasteiger partial charge in [-0.15, -0.1) is 0 Å². The average Bonchev–Trinajstić information content (AvgIpc) is 3.46. The number of pyridine rings is 1. The lowest BCUT2D eigenvalue weighted by Crippen LogP contribution is -2.24. The second kappa shape index (κ2) is 8.56. The summed E-state index contributed by atoms with van der Waals surface area (Å²) in [7, 11) is -0.927. The normalized spacial score (nSPS) is 20.4. The van der Waals surface area contributed by atoms with E-state index in [4.69, 9.17) is 13.9 Å². The van der Waals surface area contributed by atoms with E-state index >= 15 is 0 Å². The fourth-order valence-corrected chi connectivity index (χ4v) is 5.57. The molecule has 34 heavy (non-hydrogen) atoms. The third-order valence-corrected chi connectivity index (χ3v) is 7.70. The van der Waals surface area contributed by atoms with Crippen LogP contribution in [0, 0.1) is 11.7 Å². The van der Waals surface area contributed by atoms with Crippen LogP contribution in [0.4, 0.5) is 5.69 Å². The first kappa shape index (κ1) is 22.1. The van der Waals surface area contributed by atoms with Crippen molar-refractivity contribution >= 4 is 32.2 Å². The van der Waals surface area contributed by atoms with E-state index < -0.39 is 15.6 Å². The molecule has 1 fully saturated rings. The topological polar surface area (TPSA) is 136 Å². The number of benzene rings is 1. The number of nitrogens with zero attached hydrogens (tertiary/aromatic N) is 4. The number of oxazole rings is 1. The van der Waals surface area contributed by atoms with Crippen LogP contribution in [0.15, 0.2) is 47.3 Å². The first-order valence-electron chi connectivity index (χ1n) is 10.8. The van der Waals surface area contributed by atoms with Gasteiger partial charge in [0.2, 0.25) is 5.89 Å². The van der Waals surface area contributed by atoms with E-state index in [2.05, 4.69) is 20.4 Å². The second-order valence-corrected chi connectivity index (χ2v) is 10.8. The fourth-order valence-electron chi connectivity index (χ4n) is 4.06. The molecule has 0 spiro atoms. The highest BCUT2D eigenvalue weighted by Gasteiger charge is 2.24. The van der Waals surface area contributed by atoms with E-state index in [0.717, 1.165) is 22.2 Å². The van der Waals surface area contributed by atoms with Crippen LogP contribution in [0.2, 0.25) is 0 Å². The average molecular weight is 481 g/mol. The van der Waals surface area contributed by atoms with Gasteiger partial charge in [-0.3, -0.25) is 19.2 Å². The van der Waals surface area contributed by atoms with Crippen LogP contribution in [-0.2, 0) is 9.73 Å². The Morgan fingerprint density at radius 3 is 2.82 bits per heavy atom. The second-order valence-electron chi connectivity index (χ2n) is 8.35. The number of nitrogens with one attached hydrogen (secondary N) is 2. The van der Waals surface area contributed by atoms with E-state index in [1.54, 1.807) is 24.4 Å². The first-order chi connectivity index (χ1) is 16.3. The van der Waals surface area contributed by atoms with Crippen LogP contribution < -0.4 is 10.1 Å². The number of carbonyl (C=O) groups is 1. The van der Waals surface area contributed by atoms with Gasteiger partial charge in [0.05, 0.1) is 24.4 Å². The van der Waals surface area contributed by atoms with Crippen molar-refractivity contribution < 1.29 is 18.2 Å². The maximum absolute atomic E-state index is 12.9. The van der Waals surface area contributed by atoms with Gasteiger partial charge in [-0.25, -0.2) is 9.19 Å². The van der Waals surface area contributed by atoms with Crippen LogP contribution in [-0.4, -0.2) is 48.5 Å². The third kappa shape index (κ3) is 4.38. The minimum Gasteiger partial charge on any atom is -0.494 e. The molecule has 1 saturated heterocycles. The molecular weight excluding hydrogens is 456 g/mol. The van der Waals surface area contributed by atoms with Crippen LogP contribution in [0.3, 0.4) is 0 Å². The van der Waals surface area contributed by atoms with E-state index in [1.165, 1.54) is 13.4 Å². The summed E-state index contributed by atoms with van der Waals surface area (Å²) in [6.07, 6.45) is 6.20. The zero-order chi connectivity index (χ0) is 23.9. The van der Waals surface area contributed by atoms with Gasteiger partial charge in [0.15, 0.2) is 5.69 Å². The number of ether oxygens (including phenoxy) is 1. The molecule has 0 saturated carbocycles. The number of aryl methyl sites for hydroxylation is 1. The van der Waals surface area contributed by atoms with Gasteiger partial charge in [0.1, 0.15) is 12.0 Å². The van der Waals surface area contributed by atoms with Crippen LogP contribution >= 0.6 is 0 Å². The summed E-state index contributed by atoms with van der Waals surface area (Å²) in [5.74, 6) is 1.15. The molecule has 0 bridgehead atoms. The lowest BCUT2D eigenvalue weighted by atomic mass is 10.1. The predicted octanol–water partition coefficient (Wildman–Crippen LogP) is 4.04. The molecule has 0 unspecified atom stereocenters. The number of methoxy groups -OCH3 is 1. The minimum absolute atomic E-state index is 0.0988. The molecule has 3 aromatic heterocycles. The summed E-state index contributed by atoms with van der Waals surface area (Å²) in [6, 6.07) is 7.27. The Kier molecular flexibility index (Phi) is 5.56. The lowest BCUT2D eigenvalue weighted by molar-refractivity contribution is 0.102. The van der Waals surface area contributed by atoms with E-state index in [0.29, 0.717) is 41.7 Å². The van der Waals surface area contributed by atoms with Crippen LogP contribution in [0.25, 0.3) is 22.4 Å². The Balaban J connectivity index is 1.38. The highest BCUT2D eigenvalue weighted by molar-refractivity contribution is 7.92. The molecule has 1 amide bonds. The van der Waals surface area contributed by atoms with Crippen molar-refractivity contribution in [3.8, 4) is 17.2 Å². The fraction of sp³-hybridized carbons (Fsp3) is 0.304. The molecule has 4 heterocycles. The Bertz CT molecular complexity index is 1480. The summed E-state index contributed by atoms with van der Waals surface area (Å²) >= 11 is 0. The molecule has 10 nitrogen and oxygen atoms in total. The number of anilines is 1. The Labute approximate surface area is 196 Å². The van der Waals surface area contributed by atoms with Gasteiger partial charge in [0.25, 0.3) is 5.91 Å². The van der Waals surface area contributed by atoms with Gasteiger partial charge < -0.3 is 14.5 Å². The molecule has 1 aromatic carbocycles. The predicted molar refractivity (Wildman–Crippen MR) is 128 cm³/mol. The Morgan fingerprint density at radius 1 is 1.29 bits per heavy atom. The molecule has 5 rings (SSSR count). The number of fused-ring (bicyclic) bond motifs is 1. The van der Waals surface area contributed by atoms with E-state index in [-0.39, 0.29) is 11.7 Å². The van der Waals surface area contributed by atoms with Crippen molar-refractivity contribution in [1.82, 2.24) is 19.7 Å². The summed E-state index contributed by atoms with van der Waals surface area (Å²) in [4.78, 5) is 21.3. The summed E-state index contributed by atoms with van der Waals surface area (Å²) in [5.41, 5.74) is 2.91. The van der Waals surface area contributed by atoms with Crippen molar-refractivity contribution in [1.29, 1.82) is 4.78 Å². The summed E-state index contributed by atoms with van der Waals surface area (Å²) < 4.78 is 32.6. The first-order valence-corrected chi connectivity index (χ1v) is 12.7. The molecule has 2 N–H and O–H groups in total. The molecule has 0 radical (unpaired) electrons. The molecule has 1 aliphatic heterocycles. The number of aromatic nitrogens is 4. The lowest BCUT2D eigenvalue weighted by Gasteiger charge is -2.23. The highest BCUT2D eigenvalue weighted by Crippen LogP contribution is 2.32. The number of amides is 1. The molecule has 0 aliphatic carbocycles. The smallest absolute Gasteiger partial charge is 0.277 e. The SMILES string of the molecule is COc1cc2nn(C3CCS(=N)(=O)CC3)cc2cc1NC(=O)c1coc(-c2ccnc(C)c2)n1. The minimum atomic E-state index is -2.45. The molecular formula is C23H24N6O4S. The largest absolute Gasteiger partial charge is 0.494 e. The van der Waals surface area contributed by atoms with Crippen molar-refractivity contribution in [2.75, 3.05) is 23.9 Å². The summed E-state index contributed by atoms with van der Waals surface area (Å²) in [6.45, 7) is 1.87. The maximum atomic E-state index is 12.9. The van der Waals surface area contributed by atoms with Crippen LogP contribution in [0.5, 0.6) is 5.75 Å². The van der Waals surface area contributed by atoms with Gasteiger partial charge in [-0.2, -0.15) is 5.10 Å². The quantitative estimate of drug-likeness (QED) is 0.440. The monoisotopic (exact) mass is 480 g/mol. The van der Waals surface area contributed by atoms with E-state index in [9.17, 15) is 9.00 Å². The number of carbonyl (C=O) groups excluding carboxylic acids is 1. The number of hydrogen-bond acceptors (Lipinski definition) is 8. The van der Waals surface area contributed by atoms with Gasteiger partial charge >= 0.3 is 0 Å². The van der Waals surface area contributed by atoms with E-state index in [1.807, 2.05) is 23.9 Å². The van der Waals surface area contributed by atoms with Gasteiger partial charge in [-0.05, 0) is 38.0 Å². The molecule has 4 aromatic rings. The summed E-state index contributed by atoms with van der Waals surface area (Å²) in [5, 5.41) is 8.33. The van der Waals surface area contributed by atoms with Crippen molar-refractivity contribution in [2.45, 2.75) is 25.8 Å². The van der Waals surface area contributed by atoms with Gasteiger partial charge in [-0.1, -0.05) is 0 Å². The molecule has 11 heteroatoms. The van der Waals surface area contributed by atoms with Crippen molar-refractivity contribution in [2.24, 2.45) is 0 Å². The van der Waals surface area contributed by atoms with Crippen molar-refractivity contribution in [3.63, 3.8) is 0 Å². The maximum Gasteiger partial charge on any atom is 0.277 e. The zero-order valence-corrected chi connectivity index (χ0v) is 19.6. The van der Waals surface area contributed by atoms with Crippen molar-refractivity contribution in [3.05, 3.63) is 54.3 Å². The molecule has 176 valence electrons. The Hall–Kier alpha value is -3.73. The van der Waals surface area contributed by atoms with Crippen LogP contribution in [0.1, 0.15) is 35.1 Å². The Morgan fingerprint density at radius 2 is 2.09 bits per heavy atom. The third-order valence-electron chi connectivity index (χ3n) is 5.91. The number of hydrogen-bond donors (Lipinski definition) is 2. The number of rotatable bonds is 5. The van der Waals surface area contributed by atoms with Gasteiger partial charge in [0, 0.05) is 56.3 Å². The molecule has 1 aliphatic rings. The molecule has 0 atom stereocenters. The highest BCUT2D eigenvalue weighted by atomic mass is 32.2.